The minimum absolute atomic E-state index is 0.306. The number of carboxylic acids is 1. The molecular formula is C14H11NO2. The normalized spacial score (nSPS) is 15.6. The van der Waals surface area contributed by atoms with Gasteiger partial charge in [-0.25, -0.2) is 4.79 Å². The Morgan fingerprint density at radius 2 is 2.06 bits per heavy atom. The average molecular weight is 225 g/mol. The van der Waals surface area contributed by atoms with Crippen molar-refractivity contribution in [1.82, 2.24) is 0 Å². The maximum absolute atomic E-state index is 10.9. The van der Waals surface area contributed by atoms with Crippen LogP contribution in [0.3, 0.4) is 0 Å². The summed E-state index contributed by atoms with van der Waals surface area (Å²) in [6.07, 6.45) is 9.14. The molecule has 84 valence electrons. The Labute approximate surface area is 98.1 Å². The van der Waals surface area contributed by atoms with Crippen molar-refractivity contribution in [1.29, 1.82) is 0 Å². The van der Waals surface area contributed by atoms with Crippen molar-refractivity contribution in [2.45, 2.75) is 0 Å². The molecule has 1 aromatic rings. The van der Waals surface area contributed by atoms with E-state index in [0.717, 1.165) is 28.2 Å². The van der Waals surface area contributed by atoms with E-state index in [-0.39, 0.29) is 0 Å². The molecule has 0 saturated carbocycles. The van der Waals surface area contributed by atoms with Gasteiger partial charge in [-0.1, -0.05) is 24.3 Å². The maximum Gasteiger partial charge on any atom is 0.335 e. The average Bonchev–Trinajstić information content (AvgIpc) is 2.67. The summed E-state index contributed by atoms with van der Waals surface area (Å²) in [5.74, 6) is -0.899. The Kier molecular flexibility index (Phi) is 2.11. The van der Waals surface area contributed by atoms with E-state index < -0.39 is 5.97 Å². The molecule has 3 nitrogen and oxygen atoms in total. The van der Waals surface area contributed by atoms with Gasteiger partial charge in [0.1, 0.15) is 0 Å². The van der Waals surface area contributed by atoms with Gasteiger partial charge in [-0.3, -0.25) is 0 Å². The summed E-state index contributed by atoms with van der Waals surface area (Å²) >= 11 is 0. The van der Waals surface area contributed by atoms with Gasteiger partial charge in [-0.2, -0.15) is 0 Å². The second kappa shape index (κ2) is 3.63. The van der Waals surface area contributed by atoms with E-state index in [4.69, 9.17) is 5.11 Å². The molecule has 0 amide bonds. The van der Waals surface area contributed by atoms with Crippen molar-refractivity contribution in [3.05, 3.63) is 45.9 Å². The van der Waals surface area contributed by atoms with Crippen LogP contribution in [0.2, 0.25) is 0 Å². The van der Waals surface area contributed by atoms with Gasteiger partial charge >= 0.3 is 5.97 Å². The lowest BCUT2D eigenvalue weighted by Crippen LogP contribution is -2.26. The van der Waals surface area contributed by atoms with Crippen molar-refractivity contribution in [2.75, 3.05) is 11.9 Å². The van der Waals surface area contributed by atoms with Gasteiger partial charge in [0, 0.05) is 17.5 Å². The summed E-state index contributed by atoms with van der Waals surface area (Å²) in [4.78, 5) is 10.9. The Balaban J connectivity index is 2.30. The molecule has 17 heavy (non-hydrogen) atoms. The SMILES string of the molecule is O=C(O)C1=CC=c2c(ccc3c2=CCN3)C=C1. The Morgan fingerprint density at radius 1 is 1.18 bits per heavy atom. The number of fused-ring (bicyclic) bond motifs is 3. The minimum atomic E-state index is -0.899. The Hall–Kier alpha value is -2.29. The highest BCUT2D eigenvalue weighted by molar-refractivity contribution is 5.93. The van der Waals surface area contributed by atoms with Gasteiger partial charge in [-0.15, -0.1) is 0 Å². The van der Waals surface area contributed by atoms with E-state index in [1.807, 2.05) is 24.3 Å². The summed E-state index contributed by atoms with van der Waals surface area (Å²) < 4.78 is 0. The Bertz CT molecular complexity index is 681. The summed E-state index contributed by atoms with van der Waals surface area (Å²) in [5.41, 5.74) is 2.47. The number of carboxylic acid groups (broad SMARTS) is 1. The van der Waals surface area contributed by atoms with Crippen molar-refractivity contribution in [3.8, 4) is 0 Å². The lowest BCUT2D eigenvalue weighted by Gasteiger charge is -2.00. The van der Waals surface area contributed by atoms with Crippen LogP contribution in [0, 0.1) is 0 Å². The number of allylic oxidation sites excluding steroid dienone is 1. The van der Waals surface area contributed by atoms with E-state index >= 15 is 0 Å². The zero-order valence-electron chi connectivity index (χ0n) is 9.10. The van der Waals surface area contributed by atoms with Gasteiger partial charge < -0.3 is 10.4 Å². The fourth-order valence-corrected chi connectivity index (χ4v) is 2.17. The number of aliphatic carboxylic acids is 1. The van der Waals surface area contributed by atoms with Crippen LogP contribution in [0.1, 0.15) is 5.56 Å². The first-order valence-electron chi connectivity index (χ1n) is 5.46. The first-order valence-corrected chi connectivity index (χ1v) is 5.46. The van der Waals surface area contributed by atoms with E-state index in [1.54, 1.807) is 12.2 Å². The quantitative estimate of drug-likeness (QED) is 0.740. The third kappa shape index (κ3) is 1.56. The van der Waals surface area contributed by atoms with Crippen LogP contribution < -0.4 is 15.8 Å². The molecule has 0 unspecified atom stereocenters. The fraction of sp³-hybridized carbons (Fsp3) is 0.0714. The van der Waals surface area contributed by atoms with Gasteiger partial charge in [0.25, 0.3) is 0 Å². The molecule has 0 fully saturated rings. The van der Waals surface area contributed by atoms with E-state index in [2.05, 4.69) is 11.4 Å². The zero-order valence-corrected chi connectivity index (χ0v) is 9.10. The minimum Gasteiger partial charge on any atom is -0.478 e. The summed E-state index contributed by atoms with van der Waals surface area (Å²) in [7, 11) is 0. The number of hydrogen-bond donors (Lipinski definition) is 2. The molecule has 0 radical (unpaired) electrons. The fourth-order valence-electron chi connectivity index (χ4n) is 2.17. The largest absolute Gasteiger partial charge is 0.478 e. The highest BCUT2D eigenvalue weighted by atomic mass is 16.4. The monoisotopic (exact) mass is 225 g/mol. The topological polar surface area (TPSA) is 49.3 Å². The van der Waals surface area contributed by atoms with Crippen molar-refractivity contribution in [3.63, 3.8) is 0 Å². The molecule has 2 N–H and O–H groups in total. The molecule has 0 atom stereocenters. The number of benzene rings is 1. The summed E-state index contributed by atoms with van der Waals surface area (Å²) in [6, 6.07) is 4.04. The van der Waals surface area contributed by atoms with Crippen LogP contribution >= 0.6 is 0 Å². The summed E-state index contributed by atoms with van der Waals surface area (Å²) in [5, 5.41) is 14.5. The molecule has 2 aliphatic rings. The van der Waals surface area contributed by atoms with Crippen molar-refractivity contribution in [2.24, 2.45) is 0 Å². The number of carbonyl (C=O) groups is 1. The predicted molar refractivity (Wildman–Crippen MR) is 67.9 cm³/mol. The van der Waals surface area contributed by atoms with Crippen LogP contribution in [0.4, 0.5) is 5.69 Å². The molecule has 1 heterocycles. The molecule has 0 aromatic heterocycles. The van der Waals surface area contributed by atoms with Gasteiger partial charge in [-0.05, 0) is 29.0 Å². The lowest BCUT2D eigenvalue weighted by molar-refractivity contribution is -0.132. The van der Waals surface area contributed by atoms with Crippen LogP contribution in [-0.4, -0.2) is 17.6 Å². The number of nitrogens with one attached hydrogen (secondary N) is 1. The van der Waals surface area contributed by atoms with Crippen LogP contribution in [0.15, 0.2) is 29.9 Å². The van der Waals surface area contributed by atoms with Crippen molar-refractivity contribution >= 4 is 29.9 Å². The van der Waals surface area contributed by atoms with Crippen molar-refractivity contribution < 1.29 is 9.90 Å². The Morgan fingerprint density at radius 3 is 2.88 bits per heavy atom. The number of hydrogen-bond acceptors (Lipinski definition) is 2. The standard InChI is InChI=1S/C14H11NO2/c16-14(17)10-2-1-9-4-6-13-12(7-8-15-13)11(9)5-3-10/h1-7,15H,8H2,(H,16,17). The molecule has 1 aliphatic heterocycles. The van der Waals surface area contributed by atoms with Crippen LogP contribution in [0.5, 0.6) is 0 Å². The second-order valence-electron chi connectivity index (χ2n) is 4.04. The third-order valence-electron chi connectivity index (χ3n) is 3.04. The molecule has 0 spiro atoms. The molecular weight excluding hydrogens is 214 g/mol. The molecule has 1 aromatic carbocycles. The predicted octanol–water partition coefficient (Wildman–Crippen LogP) is 0.711. The van der Waals surface area contributed by atoms with Gasteiger partial charge in [0.2, 0.25) is 0 Å². The number of anilines is 1. The van der Waals surface area contributed by atoms with E-state index in [9.17, 15) is 4.79 Å². The van der Waals surface area contributed by atoms with Gasteiger partial charge in [0.15, 0.2) is 0 Å². The molecule has 3 heteroatoms. The molecule has 3 rings (SSSR count). The van der Waals surface area contributed by atoms with E-state index in [0.29, 0.717) is 5.57 Å². The maximum atomic E-state index is 10.9. The first kappa shape index (κ1) is 9.90. The lowest BCUT2D eigenvalue weighted by atomic mass is 10.1. The first-order chi connectivity index (χ1) is 8.25. The summed E-state index contributed by atoms with van der Waals surface area (Å²) in [6.45, 7) is 0.832. The molecule has 1 aliphatic carbocycles. The van der Waals surface area contributed by atoms with Crippen LogP contribution in [0.25, 0.3) is 18.2 Å². The smallest absolute Gasteiger partial charge is 0.335 e. The van der Waals surface area contributed by atoms with Gasteiger partial charge in [0.05, 0.1) is 5.57 Å². The highest BCUT2D eigenvalue weighted by Gasteiger charge is 2.08. The molecule has 0 saturated heterocycles. The van der Waals surface area contributed by atoms with E-state index in [1.165, 1.54) is 0 Å². The third-order valence-corrected chi connectivity index (χ3v) is 3.04. The second-order valence-corrected chi connectivity index (χ2v) is 4.04. The highest BCUT2D eigenvalue weighted by Crippen LogP contribution is 2.09. The molecule has 0 bridgehead atoms. The van der Waals surface area contributed by atoms with Crippen LogP contribution in [-0.2, 0) is 4.79 Å². The zero-order chi connectivity index (χ0) is 11.8. The number of rotatable bonds is 1.